The Kier molecular flexibility index (Phi) is 10.6. The van der Waals surface area contributed by atoms with Crippen molar-refractivity contribution in [3.8, 4) is 11.1 Å². The van der Waals surface area contributed by atoms with Gasteiger partial charge in [0.05, 0.1) is 12.5 Å². The van der Waals surface area contributed by atoms with Crippen molar-refractivity contribution in [3.05, 3.63) is 95.8 Å². The number of carboxylic acids is 1. The minimum absolute atomic E-state index is 0.252. The van der Waals surface area contributed by atoms with Gasteiger partial charge in [0.2, 0.25) is 11.8 Å². The van der Waals surface area contributed by atoms with E-state index in [0.29, 0.717) is 19.3 Å². The minimum Gasteiger partial charge on any atom is -0.481 e. The van der Waals surface area contributed by atoms with Crippen molar-refractivity contribution < 1.29 is 23.9 Å². The van der Waals surface area contributed by atoms with Crippen LogP contribution in [0.5, 0.6) is 0 Å². The van der Waals surface area contributed by atoms with Crippen LogP contribution < -0.4 is 10.6 Å². The second-order valence-corrected chi connectivity index (χ2v) is 11.3. The fourth-order valence-electron chi connectivity index (χ4n) is 4.68. The van der Waals surface area contributed by atoms with Gasteiger partial charge in [0.25, 0.3) is 0 Å². The molecule has 0 saturated heterocycles. The van der Waals surface area contributed by atoms with Crippen molar-refractivity contribution in [1.29, 1.82) is 0 Å². The molecule has 2 amide bonds. The number of carbonyl (C=O) groups is 3. The SMILES string of the molecule is C[C@@H](NC(=O)[C@@H](NC(=O)[C@H](CCCc1ccc(-c2cccc(F)c2)cc1)CC(=O)O)C(C)(C)C)c1ccccc1. The van der Waals surface area contributed by atoms with Crippen LogP contribution in [0.2, 0.25) is 0 Å². The molecule has 6 nitrogen and oxygen atoms in total. The summed E-state index contributed by atoms with van der Waals surface area (Å²) in [7, 11) is 0. The summed E-state index contributed by atoms with van der Waals surface area (Å²) in [5, 5.41) is 15.3. The zero-order valence-electron chi connectivity index (χ0n) is 23.6. The van der Waals surface area contributed by atoms with Gasteiger partial charge >= 0.3 is 5.97 Å². The van der Waals surface area contributed by atoms with Crippen LogP contribution in [-0.2, 0) is 20.8 Å². The third kappa shape index (κ3) is 9.04. The molecule has 212 valence electrons. The van der Waals surface area contributed by atoms with Crippen molar-refractivity contribution in [3.63, 3.8) is 0 Å². The monoisotopic (exact) mass is 546 g/mol. The molecule has 0 saturated carbocycles. The van der Waals surface area contributed by atoms with Gasteiger partial charge < -0.3 is 15.7 Å². The molecule has 0 bridgehead atoms. The van der Waals surface area contributed by atoms with Crippen LogP contribution in [0.4, 0.5) is 4.39 Å². The van der Waals surface area contributed by atoms with Crippen molar-refractivity contribution in [2.45, 2.75) is 65.5 Å². The number of hydrogen-bond acceptors (Lipinski definition) is 3. The first-order chi connectivity index (χ1) is 18.9. The highest BCUT2D eigenvalue weighted by Crippen LogP contribution is 2.24. The van der Waals surface area contributed by atoms with Gasteiger partial charge in [-0.25, -0.2) is 4.39 Å². The Morgan fingerprint density at radius 3 is 2.12 bits per heavy atom. The van der Waals surface area contributed by atoms with E-state index in [9.17, 15) is 23.9 Å². The molecule has 0 aliphatic carbocycles. The fraction of sp³-hybridized carbons (Fsp3) is 0.364. The summed E-state index contributed by atoms with van der Waals surface area (Å²) in [5.41, 5.74) is 3.09. The van der Waals surface area contributed by atoms with Crippen molar-refractivity contribution >= 4 is 17.8 Å². The maximum atomic E-state index is 13.5. The standard InChI is InChI=1S/C33H39FN2O4/c1-22(24-11-6-5-7-12-24)35-32(40)30(33(2,3)4)36-31(39)27(21-29(37)38)14-8-10-23-16-18-25(19-17-23)26-13-9-15-28(34)20-26/h5-7,9,11-13,15-20,22,27,30H,8,10,14,21H2,1-4H3,(H,35,40)(H,36,39)(H,37,38)/t22-,27-,30-/m1/s1. The van der Waals surface area contributed by atoms with E-state index >= 15 is 0 Å². The number of aryl methyl sites for hydroxylation is 1. The molecule has 3 N–H and O–H groups in total. The smallest absolute Gasteiger partial charge is 0.304 e. The Bertz CT molecular complexity index is 1290. The number of halogens is 1. The lowest BCUT2D eigenvalue weighted by Gasteiger charge is -2.32. The lowest BCUT2D eigenvalue weighted by Crippen LogP contribution is -2.55. The normalized spacial score (nSPS) is 13.6. The maximum absolute atomic E-state index is 13.5. The molecule has 0 spiro atoms. The number of rotatable bonds is 12. The molecule has 7 heteroatoms. The zero-order valence-corrected chi connectivity index (χ0v) is 23.6. The maximum Gasteiger partial charge on any atom is 0.304 e. The van der Waals surface area contributed by atoms with Gasteiger partial charge in [-0.15, -0.1) is 0 Å². The topological polar surface area (TPSA) is 95.5 Å². The van der Waals surface area contributed by atoms with E-state index in [1.165, 1.54) is 12.1 Å². The van der Waals surface area contributed by atoms with E-state index in [0.717, 1.165) is 22.3 Å². The average molecular weight is 547 g/mol. The Morgan fingerprint density at radius 2 is 1.52 bits per heavy atom. The number of carbonyl (C=O) groups excluding carboxylic acids is 2. The lowest BCUT2D eigenvalue weighted by molar-refractivity contribution is -0.142. The Morgan fingerprint density at radius 1 is 0.850 bits per heavy atom. The molecule has 3 aromatic rings. The molecule has 0 aliphatic rings. The van der Waals surface area contributed by atoms with Gasteiger partial charge in [0, 0.05) is 5.92 Å². The van der Waals surface area contributed by atoms with E-state index < -0.39 is 29.3 Å². The van der Waals surface area contributed by atoms with Crippen LogP contribution in [0, 0.1) is 17.2 Å². The number of benzene rings is 3. The molecule has 0 radical (unpaired) electrons. The van der Waals surface area contributed by atoms with Crippen LogP contribution in [-0.4, -0.2) is 28.9 Å². The van der Waals surface area contributed by atoms with Crippen LogP contribution in [0.15, 0.2) is 78.9 Å². The summed E-state index contributed by atoms with van der Waals surface area (Å²) in [6.07, 6.45) is 1.30. The van der Waals surface area contributed by atoms with E-state index in [1.54, 1.807) is 6.07 Å². The minimum atomic E-state index is -1.06. The van der Waals surface area contributed by atoms with Gasteiger partial charge in [-0.1, -0.05) is 87.5 Å². The lowest BCUT2D eigenvalue weighted by atomic mass is 9.85. The molecule has 40 heavy (non-hydrogen) atoms. The fourth-order valence-corrected chi connectivity index (χ4v) is 4.68. The third-order valence-electron chi connectivity index (χ3n) is 6.99. The van der Waals surface area contributed by atoms with Gasteiger partial charge in [-0.2, -0.15) is 0 Å². The molecule has 3 aromatic carbocycles. The second-order valence-electron chi connectivity index (χ2n) is 11.3. The molecule has 0 aliphatic heterocycles. The van der Waals surface area contributed by atoms with E-state index in [1.807, 2.05) is 88.4 Å². The van der Waals surface area contributed by atoms with Crippen molar-refractivity contribution in [2.75, 3.05) is 0 Å². The Hall–Kier alpha value is -4.00. The number of hydrogen-bond donors (Lipinski definition) is 3. The number of aliphatic carboxylic acids is 1. The molecule has 3 rings (SSSR count). The molecule has 0 aromatic heterocycles. The molecular formula is C33H39FN2O4. The van der Waals surface area contributed by atoms with Gasteiger partial charge in [-0.05, 0) is 66.0 Å². The first-order valence-corrected chi connectivity index (χ1v) is 13.7. The average Bonchev–Trinajstić information content (AvgIpc) is 2.91. The number of amides is 2. The summed E-state index contributed by atoms with van der Waals surface area (Å²) in [6, 6.07) is 22.6. The highest BCUT2D eigenvalue weighted by molar-refractivity contribution is 5.90. The summed E-state index contributed by atoms with van der Waals surface area (Å²) >= 11 is 0. The quantitative estimate of drug-likeness (QED) is 0.248. The van der Waals surface area contributed by atoms with Gasteiger partial charge in [0.1, 0.15) is 11.9 Å². The second kappa shape index (κ2) is 13.9. The largest absolute Gasteiger partial charge is 0.481 e. The van der Waals surface area contributed by atoms with Crippen molar-refractivity contribution in [1.82, 2.24) is 10.6 Å². The molecule has 3 atom stereocenters. The highest BCUT2D eigenvalue weighted by atomic mass is 19.1. The van der Waals surface area contributed by atoms with Gasteiger partial charge in [0.15, 0.2) is 0 Å². The number of carboxylic acid groups (broad SMARTS) is 1. The summed E-state index contributed by atoms with van der Waals surface area (Å²) in [6.45, 7) is 7.48. The van der Waals surface area contributed by atoms with Crippen LogP contribution in [0.25, 0.3) is 11.1 Å². The number of nitrogens with one attached hydrogen (secondary N) is 2. The van der Waals surface area contributed by atoms with E-state index in [2.05, 4.69) is 10.6 Å². The van der Waals surface area contributed by atoms with Crippen LogP contribution in [0.1, 0.15) is 64.1 Å². The first-order valence-electron chi connectivity index (χ1n) is 13.7. The molecule has 0 heterocycles. The Balaban J connectivity index is 1.62. The summed E-state index contributed by atoms with van der Waals surface area (Å²) in [4.78, 5) is 38.1. The molecule has 0 unspecified atom stereocenters. The van der Waals surface area contributed by atoms with Crippen LogP contribution in [0.3, 0.4) is 0 Å². The summed E-state index contributed by atoms with van der Waals surface area (Å²) < 4.78 is 13.5. The van der Waals surface area contributed by atoms with Crippen molar-refractivity contribution in [2.24, 2.45) is 11.3 Å². The predicted molar refractivity (Wildman–Crippen MR) is 155 cm³/mol. The Labute approximate surface area is 236 Å². The highest BCUT2D eigenvalue weighted by Gasteiger charge is 2.35. The molecular weight excluding hydrogens is 507 g/mol. The van der Waals surface area contributed by atoms with Gasteiger partial charge in [-0.3, -0.25) is 14.4 Å². The third-order valence-corrected chi connectivity index (χ3v) is 6.99. The first kappa shape index (κ1) is 30.5. The predicted octanol–water partition coefficient (Wildman–Crippen LogP) is 6.31. The van der Waals surface area contributed by atoms with E-state index in [-0.39, 0.29) is 24.2 Å². The van der Waals surface area contributed by atoms with E-state index in [4.69, 9.17) is 0 Å². The molecule has 0 fully saturated rings. The zero-order chi connectivity index (χ0) is 29.3. The summed E-state index contributed by atoms with van der Waals surface area (Å²) in [5.74, 6) is -2.88. The van der Waals surface area contributed by atoms with Crippen LogP contribution >= 0.6 is 0 Å².